The van der Waals surface area contributed by atoms with Crippen molar-refractivity contribution in [3.63, 3.8) is 0 Å². The molecule has 12 heavy (non-hydrogen) atoms. The molecule has 2 heteroatoms. The summed E-state index contributed by atoms with van der Waals surface area (Å²) in [5.41, 5.74) is 0.369. The molecule has 0 atom stereocenters. The van der Waals surface area contributed by atoms with Crippen molar-refractivity contribution in [3.05, 3.63) is 0 Å². The lowest BCUT2D eigenvalue weighted by atomic mass is 10.0. The Bertz CT molecular complexity index is 187. The van der Waals surface area contributed by atoms with Crippen molar-refractivity contribution >= 4 is 0 Å². The van der Waals surface area contributed by atoms with E-state index in [1.807, 2.05) is 0 Å². The average molecular weight is 166 g/mol. The molecule has 1 aliphatic rings. The first kappa shape index (κ1) is 9.54. The predicted molar refractivity (Wildman–Crippen MR) is 49.7 cm³/mol. The van der Waals surface area contributed by atoms with Gasteiger partial charge in [-0.2, -0.15) is 5.26 Å². The van der Waals surface area contributed by atoms with Crippen LogP contribution < -0.4 is 0 Å². The molecule has 68 valence electrons. The molecule has 0 bridgehead atoms. The van der Waals surface area contributed by atoms with Gasteiger partial charge in [0, 0.05) is 19.0 Å². The zero-order valence-corrected chi connectivity index (χ0v) is 8.30. The third-order valence-corrected chi connectivity index (χ3v) is 2.88. The Morgan fingerprint density at radius 1 is 1.50 bits per heavy atom. The molecule has 0 saturated heterocycles. The number of nitrogens with zero attached hydrogens (tertiary/aromatic N) is 2. The second kappa shape index (κ2) is 3.45. The van der Waals surface area contributed by atoms with Gasteiger partial charge in [0.25, 0.3) is 0 Å². The van der Waals surface area contributed by atoms with Crippen LogP contribution in [0.3, 0.4) is 0 Å². The SMILES string of the molecule is CC(C)N(C)CC1(CC#N)CC1. The van der Waals surface area contributed by atoms with Gasteiger partial charge in [-0.3, -0.25) is 0 Å². The second-order valence-electron chi connectivity index (χ2n) is 4.34. The molecule has 0 amide bonds. The van der Waals surface area contributed by atoms with Crippen molar-refractivity contribution in [1.82, 2.24) is 4.90 Å². The van der Waals surface area contributed by atoms with Gasteiger partial charge in [-0.25, -0.2) is 0 Å². The van der Waals surface area contributed by atoms with Gasteiger partial charge in [-0.15, -0.1) is 0 Å². The van der Waals surface area contributed by atoms with Crippen LogP contribution in [0.2, 0.25) is 0 Å². The van der Waals surface area contributed by atoms with Crippen molar-refractivity contribution in [2.75, 3.05) is 13.6 Å². The topological polar surface area (TPSA) is 27.0 Å². The monoisotopic (exact) mass is 166 g/mol. The van der Waals surface area contributed by atoms with Gasteiger partial charge in [0.15, 0.2) is 0 Å². The highest BCUT2D eigenvalue weighted by molar-refractivity contribution is 5.01. The third kappa shape index (κ3) is 2.22. The molecule has 0 heterocycles. The van der Waals surface area contributed by atoms with E-state index < -0.39 is 0 Å². The van der Waals surface area contributed by atoms with Crippen LogP contribution in [0.4, 0.5) is 0 Å². The number of hydrogen-bond donors (Lipinski definition) is 0. The molecule has 1 aliphatic carbocycles. The van der Waals surface area contributed by atoms with E-state index in [9.17, 15) is 0 Å². The van der Waals surface area contributed by atoms with Gasteiger partial charge in [-0.1, -0.05) is 0 Å². The van der Waals surface area contributed by atoms with Gasteiger partial charge in [0.05, 0.1) is 6.07 Å². The fourth-order valence-corrected chi connectivity index (χ4v) is 1.45. The smallest absolute Gasteiger partial charge is 0.0628 e. The summed E-state index contributed by atoms with van der Waals surface area (Å²) in [5, 5.41) is 8.62. The maximum absolute atomic E-state index is 8.62. The molecule has 0 aromatic heterocycles. The van der Waals surface area contributed by atoms with Crippen molar-refractivity contribution in [3.8, 4) is 6.07 Å². The van der Waals surface area contributed by atoms with Crippen molar-refractivity contribution < 1.29 is 0 Å². The number of hydrogen-bond acceptors (Lipinski definition) is 2. The van der Waals surface area contributed by atoms with Crippen molar-refractivity contribution in [2.24, 2.45) is 5.41 Å². The van der Waals surface area contributed by atoms with Crippen LogP contribution in [0.5, 0.6) is 0 Å². The standard InChI is InChI=1S/C10H18N2/c1-9(2)12(3)8-10(4-5-10)6-7-11/h9H,4-6,8H2,1-3H3. The first-order valence-electron chi connectivity index (χ1n) is 4.67. The Hall–Kier alpha value is -0.550. The Kier molecular flexibility index (Phi) is 2.74. The summed E-state index contributed by atoms with van der Waals surface area (Å²) >= 11 is 0. The molecule has 0 aromatic rings. The molecule has 0 N–H and O–H groups in total. The van der Waals surface area contributed by atoms with Gasteiger partial charge < -0.3 is 4.90 Å². The van der Waals surface area contributed by atoms with Crippen LogP contribution in [-0.4, -0.2) is 24.5 Å². The second-order valence-corrected chi connectivity index (χ2v) is 4.34. The van der Waals surface area contributed by atoms with Gasteiger partial charge in [-0.05, 0) is 39.2 Å². The lowest BCUT2D eigenvalue weighted by Gasteiger charge is -2.25. The Balaban J connectivity index is 2.36. The molecule has 0 spiro atoms. The molecule has 0 aromatic carbocycles. The van der Waals surface area contributed by atoms with E-state index in [-0.39, 0.29) is 0 Å². The zero-order chi connectivity index (χ0) is 9.19. The minimum Gasteiger partial charge on any atom is -0.303 e. The summed E-state index contributed by atoms with van der Waals surface area (Å²) in [5.74, 6) is 0. The zero-order valence-electron chi connectivity index (χ0n) is 8.30. The Labute approximate surface area is 75.2 Å². The van der Waals surface area contributed by atoms with E-state index in [0.29, 0.717) is 11.5 Å². The Morgan fingerprint density at radius 3 is 2.42 bits per heavy atom. The van der Waals surface area contributed by atoms with Crippen molar-refractivity contribution in [1.29, 1.82) is 5.26 Å². The molecule has 0 radical (unpaired) electrons. The lowest BCUT2D eigenvalue weighted by Crippen LogP contribution is -2.32. The van der Waals surface area contributed by atoms with Crippen molar-refractivity contribution in [2.45, 2.75) is 39.2 Å². The largest absolute Gasteiger partial charge is 0.303 e. The fraction of sp³-hybridized carbons (Fsp3) is 0.900. The molecule has 0 unspecified atom stereocenters. The van der Waals surface area contributed by atoms with E-state index >= 15 is 0 Å². The first-order chi connectivity index (χ1) is 5.59. The van der Waals surface area contributed by atoms with Gasteiger partial charge >= 0.3 is 0 Å². The number of nitriles is 1. The summed E-state index contributed by atoms with van der Waals surface area (Å²) in [6.07, 6.45) is 3.24. The van der Waals surface area contributed by atoms with E-state index in [2.05, 4.69) is 31.9 Å². The van der Waals surface area contributed by atoms with Crippen LogP contribution >= 0.6 is 0 Å². The van der Waals surface area contributed by atoms with E-state index in [0.717, 1.165) is 13.0 Å². The Morgan fingerprint density at radius 2 is 2.08 bits per heavy atom. The fourth-order valence-electron chi connectivity index (χ4n) is 1.45. The lowest BCUT2D eigenvalue weighted by molar-refractivity contribution is 0.220. The highest BCUT2D eigenvalue weighted by atomic mass is 15.1. The molecule has 1 fully saturated rings. The summed E-state index contributed by atoms with van der Waals surface area (Å²) in [6.45, 7) is 5.49. The van der Waals surface area contributed by atoms with E-state index in [4.69, 9.17) is 5.26 Å². The summed E-state index contributed by atoms with van der Waals surface area (Å²) in [7, 11) is 2.14. The third-order valence-electron chi connectivity index (χ3n) is 2.88. The predicted octanol–water partition coefficient (Wildman–Crippen LogP) is 2.02. The quantitative estimate of drug-likeness (QED) is 0.639. The van der Waals surface area contributed by atoms with E-state index in [1.165, 1.54) is 12.8 Å². The van der Waals surface area contributed by atoms with Gasteiger partial charge in [0.1, 0.15) is 0 Å². The van der Waals surface area contributed by atoms with E-state index in [1.54, 1.807) is 0 Å². The van der Waals surface area contributed by atoms with Crippen LogP contribution in [0, 0.1) is 16.7 Å². The first-order valence-corrected chi connectivity index (χ1v) is 4.67. The molecular weight excluding hydrogens is 148 g/mol. The summed E-state index contributed by atoms with van der Waals surface area (Å²) < 4.78 is 0. The molecule has 0 aliphatic heterocycles. The highest BCUT2D eigenvalue weighted by Crippen LogP contribution is 2.49. The summed E-state index contributed by atoms with van der Waals surface area (Å²) in [4.78, 5) is 2.34. The minimum atomic E-state index is 0.369. The van der Waals surface area contributed by atoms with Gasteiger partial charge in [0.2, 0.25) is 0 Å². The average Bonchev–Trinajstić information content (AvgIpc) is 2.69. The maximum atomic E-state index is 8.62. The highest BCUT2D eigenvalue weighted by Gasteiger charge is 2.43. The molecular formula is C10H18N2. The normalized spacial score (nSPS) is 19.7. The molecule has 2 nitrogen and oxygen atoms in total. The maximum Gasteiger partial charge on any atom is 0.0628 e. The number of rotatable bonds is 4. The van der Waals surface area contributed by atoms with Crippen LogP contribution in [0.25, 0.3) is 0 Å². The van der Waals surface area contributed by atoms with Crippen LogP contribution in [-0.2, 0) is 0 Å². The molecule has 1 rings (SSSR count). The molecule has 1 saturated carbocycles. The van der Waals surface area contributed by atoms with Crippen LogP contribution in [0.15, 0.2) is 0 Å². The summed E-state index contributed by atoms with van der Waals surface area (Å²) in [6, 6.07) is 2.89. The van der Waals surface area contributed by atoms with Crippen LogP contribution in [0.1, 0.15) is 33.1 Å². The minimum absolute atomic E-state index is 0.369.